The number of benzene rings is 2. The maximum Gasteiger partial charge on any atom is 0.227 e. The third-order valence-corrected chi connectivity index (χ3v) is 6.21. The van der Waals surface area contributed by atoms with E-state index in [-0.39, 0.29) is 11.8 Å². The van der Waals surface area contributed by atoms with Gasteiger partial charge in [0.1, 0.15) is 12.1 Å². The maximum absolute atomic E-state index is 12.8. The second kappa shape index (κ2) is 9.46. The lowest BCUT2D eigenvalue weighted by Crippen LogP contribution is -2.38. The van der Waals surface area contributed by atoms with Gasteiger partial charge in [0, 0.05) is 31.2 Å². The lowest BCUT2D eigenvalue weighted by molar-refractivity contribution is -0.120. The Kier molecular flexibility index (Phi) is 6.08. The molecule has 0 unspecified atom stereocenters. The molecule has 0 aliphatic carbocycles. The molecular weight excluding hydrogens is 438 g/mol. The minimum atomic E-state index is -0.0467. The summed E-state index contributed by atoms with van der Waals surface area (Å²) in [7, 11) is 0. The average Bonchev–Trinajstić information content (AvgIpc) is 3.32. The van der Waals surface area contributed by atoms with Gasteiger partial charge in [-0.05, 0) is 48.7 Å². The first kappa shape index (κ1) is 21.2. The van der Waals surface area contributed by atoms with Crippen LogP contribution in [-0.2, 0) is 11.3 Å². The zero-order valence-corrected chi connectivity index (χ0v) is 18.7. The van der Waals surface area contributed by atoms with Gasteiger partial charge in [0.2, 0.25) is 5.91 Å². The van der Waals surface area contributed by atoms with Crippen LogP contribution < -0.4 is 15.5 Å². The Morgan fingerprint density at radius 2 is 1.88 bits per heavy atom. The first-order valence-electron chi connectivity index (χ1n) is 11.0. The van der Waals surface area contributed by atoms with Crippen LogP contribution in [0.4, 0.5) is 17.2 Å². The molecule has 2 N–H and O–H groups in total. The molecule has 1 saturated heterocycles. The summed E-state index contributed by atoms with van der Waals surface area (Å²) in [6.45, 7) is 2.22. The van der Waals surface area contributed by atoms with Crippen LogP contribution in [0.15, 0.2) is 67.0 Å². The molecule has 3 heterocycles. The molecule has 33 heavy (non-hydrogen) atoms. The second-order valence-electron chi connectivity index (χ2n) is 8.11. The number of nitrogens with one attached hydrogen (secondary N) is 2. The smallest absolute Gasteiger partial charge is 0.227 e. The third-order valence-electron chi connectivity index (χ3n) is 5.90. The van der Waals surface area contributed by atoms with E-state index in [0.717, 1.165) is 37.4 Å². The number of amides is 1. The molecule has 1 amide bonds. The highest BCUT2D eigenvalue weighted by molar-refractivity contribution is 6.33. The minimum absolute atomic E-state index is 0.0259. The number of fused-ring (bicyclic) bond motifs is 1. The van der Waals surface area contributed by atoms with Gasteiger partial charge in [-0.15, -0.1) is 15.3 Å². The monoisotopic (exact) mass is 461 g/mol. The molecule has 4 aromatic rings. The molecule has 0 atom stereocenters. The van der Waals surface area contributed by atoms with Crippen molar-refractivity contribution in [3.8, 4) is 0 Å². The quantitative estimate of drug-likeness (QED) is 0.446. The molecule has 8 nitrogen and oxygen atoms in total. The predicted molar refractivity (Wildman–Crippen MR) is 130 cm³/mol. The number of carbonyl (C=O) groups excluding carboxylic acids is 1. The van der Waals surface area contributed by atoms with E-state index in [0.29, 0.717) is 22.9 Å². The van der Waals surface area contributed by atoms with E-state index >= 15 is 0 Å². The number of halogens is 1. The van der Waals surface area contributed by atoms with Gasteiger partial charge in [-0.2, -0.15) is 4.52 Å². The van der Waals surface area contributed by atoms with Crippen molar-refractivity contribution < 1.29 is 4.79 Å². The van der Waals surface area contributed by atoms with Gasteiger partial charge >= 0.3 is 0 Å². The van der Waals surface area contributed by atoms with Gasteiger partial charge in [0.05, 0.1) is 10.7 Å². The molecule has 0 radical (unpaired) electrons. The summed E-state index contributed by atoms with van der Waals surface area (Å²) >= 11 is 6.45. The fourth-order valence-electron chi connectivity index (χ4n) is 4.03. The van der Waals surface area contributed by atoms with Crippen LogP contribution in [0.25, 0.3) is 5.65 Å². The minimum Gasteiger partial charge on any atom is -0.380 e. The first-order valence-corrected chi connectivity index (χ1v) is 11.3. The van der Waals surface area contributed by atoms with Crippen molar-refractivity contribution in [2.75, 3.05) is 28.6 Å². The van der Waals surface area contributed by atoms with Crippen LogP contribution >= 0.6 is 11.6 Å². The molecule has 5 rings (SSSR count). The summed E-state index contributed by atoms with van der Waals surface area (Å²) < 4.78 is 1.66. The first-order chi connectivity index (χ1) is 16.2. The van der Waals surface area contributed by atoms with Gasteiger partial charge < -0.3 is 15.5 Å². The molecular formula is C24H24ClN7O. The zero-order valence-electron chi connectivity index (χ0n) is 18.0. The Bertz CT molecular complexity index is 1250. The molecule has 1 aliphatic heterocycles. The number of aromatic nitrogens is 4. The summed E-state index contributed by atoms with van der Waals surface area (Å²) in [5.41, 5.74) is 3.43. The Hall–Kier alpha value is -3.65. The lowest BCUT2D eigenvalue weighted by Gasteiger charge is -2.32. The van der Waals surface area contributed by atoms with E-state index in [4.69, 9.17) is 11.6 Å². The molecule has 2 aromatic heterocycles. The molecule has 168 valence electrons. The Labute approximate surface area is 196 Å². The van der Waals surface area contributed by atoms with Crippen molar-refractivity contribution in [3.63, 3.8) is 0 Å². The van der Waals surface area contributed by atoms with Gasteiger partial charge in [0.25, 0.3) is 0 Å². The Balaban J connectivity index is 1.15. The highest BCUT2D eigenvalue weighted by Gasteiger charge is 2.26. The molecule has 0 bridgehead atoms. The zero-order chi connectivity index (χ0) is 22.6. The molecule has 0 saturated carbocycles. The number of rotatable bonds is 6. The van der Waals surface area contributed by atoms with Crippen LogP contribution in [-0.4, -0.2) is 38.8 Å². The normalized spacial score (nSPS) is 14.4. The van der Waals surface area contributed by atoms with Gasteiger partial charge in [0.15, 0.2) is 5.65 Å². The highest BCUT2D eigenvalue weighted by Crippen LogP contribution is 2.28. The van der Waals surface area contributed by atoms with E-state index in [9.17, 15) is 4.79 Å². The second-order valence-corrected chi connectivity index (χ2v) is 8.52. The molecule has 9 heteroatoms. The van der Waals surface area contributed by atoms with Crippen LogP contribution in [0.1, 0.15) is 18.4 Å². The van der Waals surface area contributed by atoms with Crippen molar-refractivity contribution in [2.24, 2.45) is 5.92 Å². The van der Waals surface area contributed by atoms with Gasteiger partial charge in [-0.1, -0.05) is 41.9 Å². The number of nitrogens with zero attached hydrogens (tertiary/aromatic N) is 5. The summed E-state index contributed by atoms with van der Waals surface area (Å²) in [5.74, 6) is 0.846. The van der Waals surface area contributed by atoms with Crippen molar-refractivity contribution in [1.82, 2.24) is 19.8 Å². The van der Waals surface area contributed by atoms with Crippen LogP contribution in [0.2, 0.25) is 5.02 Å². The number of anilines is 3. The number of carbonyl (C=O) groups is 1. The largest absolute Gasteiger partial charge is 0.380 e. The Morgan fingerprint density at radius 1 is 1.06 bits per heavy atom. The fourth-order valence-corrected chi connectivity index (χ4v) is 4.28. The van der Waals surface area contributed by atoms with Crippen LogP contribution in [0.5, 0.6) is 0 Å². The van der Waals surface area contributed by atoms with Crippen molar-refractivity contribution in [3.05, 3.63) is 77.6 Å². The van der Waals surface area contributed by atoms with E-state index in [1.54, 1.807) is 16.9 Å². The lowest BCUT2D eigenvalue weighted by atomic mass is 9.96. The molecule has 1 fully saturated rings. The van der Waals surface area contributed by atoms with Crippen molar-refractivity contribution >= 4 is 40.3 Å². The molecule has 1 aliphatic rings. The SMILES string of the molecule is O=C(Nc1ccc(NCc2ccccc2)c(Cl)c1)C1CCN(c2ccc3nncn3n2)CC1. The number of hydrogen-bond acceptors (Lipinski definition) is 6. The van der Waals surface area contributed by atoms with Crippen molar-refractivity contribution in [2.45, 2.75) is 19.4 Å². The number of piperidine rings is 1. The Morgan fingerprint density at radius 3 is 2.67 bits per heavy atom. The van der Waals surface area contributed by atoms with Crippen LogP contribution in [0, 0.1) is 5.92 Å². The predicted octanol–water partition coefficient (Wildman–Crippen LogP) is 4.24. The van der Waals surface area contributed by atoms with Crippen LogP contribution in [0.3, 0.4) is 0 Å². The summed E-state index contributed by atoms with van der Waals surface area (Å²) in [4.78, 5) is 15.0. The average molecular weight is 462 g/mol. The fraction of sp³-hybridized carbons (Fsp3) is 0.250. The van der Waals surface area contributed by atoms with Gasteiger partial charge in [-0.3, -0.25) is 4.79 Å². The number of hydrogen-bond donors (Lipinski definition) is 2. The van der Waals surface area contributed by atoms with E-state index in [2.05, 4.69) is 43.0 Å². The standard InChI is InChI=1S/C24H24ClN7O/c25-20-14-19(6-7-21(20)26-15-17-4-2-1-3-5-17)28-24(33)18-10-12-31(13-11-18)23-9-8-22-29-27-16-32(22)30-23/h1-9,14,16,18,26H,10-13,15H2,(H,28,33). The molecule has 0 spiro atoms. The van der Waals surface area contributed by atoms with E-state index in [1.807, 2.05) is 42.5 Å². The summed E-state index contributed by atoms with van der Waals surface area (Å²) in [6.07, 6.45) is 3.11. The third kappa shape index (κ3) is 4.90. The van der Waals surface area contributed by atoms with Gasteiger partial charge in [-0.25, -0.2) is 0 Å². The maximum atomic E-state index is 12.8. The van der Waals surface area contributed by atoms with Crippen molar-refractivity contribution in [1.29, 1.82) is 0 Å². The summed E-state index contributed by atoms with van der Waals surface area (Å²) in [6, 6.07) is 19.5. The van der Waals surface area contributed by atoms with E-state index in [1.165, 1.54) is 5.56 Å². The topological polar surface area (TPSA) is 87.5 Å². The molecule has 2 aromatic carbocycles. The highest BCUT2D eigenvalue weighted by atomic mass is 35.5. The summed E-state index contributed by atoms with van der Waals surface area (Å²) in [5, 5.41) is 19.3. The van der Waals surface area contributed by atoms with E-state index < -0.39 is 0 Å².